The molecule has 0 aromatic rings. The molecule has 1 N–H and O–H groups in total. The van der Waals surface area contributed by atoms with Crippen molar-refractivity contribution in [3.8, 4) is 0 Å². The Labute approximate surface area is 118 Å². The second kappa shape index (κ2) is 4.50. The van der Waals surface area contributed by atoms with Crippen LogP contribution in [-0.4, -0.2) is 16.8 Å². The number of amides is 1. The third-order valence-corrected chi connectivity index (χ3v) is 6.29. The fourth-order valence-corrected chi connectivity index (χ4v) is 5.47. The quantitative estimate of drug-likeness (QED) is 0.775. The normalized spacial score (nSPS) is 43.4. The SMILES string of the molecule is CCC(C)(CCBr)NC(=O)C1C2C3CCC(C3)C12. The van der Waals surface area contributed by atoms with Gasteiger partial charge >= 0.3 is 0 Å². The van der Waals surface area contributed by atoms with Crippen LogP contribution < -0.4 is 5.32 Å². The topological polar surface area (TPSA) is 29.1 Å². The van der Waals surface area contributed by atoms with Gasteiger partial charge in [-0.2, -0.15) is 0 Å². The molecule has 18 heavy (non-hydrogen) atoms. The molecule has 3 heteroatoms. The van der Waals surface area contributed by atoms with Crippen molar-refractivity contribution in [2.45, 2.75) is 51.5 Å². The average Bonchev–Trinajstić information content (AvgIpc) is 2.80. The first kappa shape index (κ1) is 13.0. The number of hydrogen-bond donors (Lipinski definition) is 1. The van der Waals surface area contributed by atoms with Crippen molar-refractivity contribution in [1.29, 1.82) is 0 Å². The van der Waals surface area contributed by atoms with Crippen molar-refractivity contribution in [1.82, 2.24) is 5.32 Å². The molecule has 2 nitrogen and oxygen atoms in total. The minimum Gasteiger partial charge on any atom is -0.351 e. The Balaban J connectivity index is 1.60. The van der Waals surface area contributed by atoms with E-state index in [2.05, 4.69) is 35.1 Å². The molecule has 0 aromatic heterocycles. The van der Waals surface area contributed by atoms with E-state index in [9.17, 15) is 4.79 Å². The minimum absolute atomic E-state index is 0.0173. The lowest BCUT2D eigenvalue weighted by atomic mass is 9.94. The van der Waals surface area contributed by atoms with E-state index in [1.54, 1.807) is 0 Å². The molecule has 5 unspecified atom stereocenters. The van der Waals surface area contributed by atoms with E-state index in [1.807, 2.05) is 0 Å². The van der Waals surface area contributed by atoms with Crippen LogP contribution in [0.25, 0.3) is 0 Å². The highest BCUT2D eigenvalue weighted by Gasteiger charge is 2.67. The van der Waals surface area contributed by atoms with Gasteiger partial charge < -0.3 is 5.32 Å². The minimum atomic E-state index is -0.0173. The maximum absolute atomic E-state index is 12.5. The molecular formula is C15H24BrNO. The summed E-state index contributed by atoms with van der Waals surface area (Å²) in [5.74, 6) is 4.02. The van der Waals surface area contributed by atoms with Crippen molar-refractivity contribution >= 4 is 21.8 Å². The Morgan fingerprint density at radius 3 is 2.44 bits per heavy atom. The highest BCUT2D eigenvalue weighted by Crippen LogP contribution is 2.69. The third-order valence-electron chi connectivity index (χ3n) is 5.89. The summed E-state index contributed by atoms with van der Waals surface area (Å²) in [7, 11) is 0. The van der Waals surface area contributed by atoms with Gasteiger partial charge in [0.25, 0.3) is 0 Å². The summed E-state index contributed by atoms with van der Waals surface area (Å²) in [5, 5.41) is 4.29. The molecule has 5 atom stereocenters. The summed E-state index contributed by atoms with van der Waals surface area (Å²) in [5.41, 5.74) is -0.0173. The number of alkyl halides is 1. The first-order chi connectivity index (χ1) is 8.59. The number of hydrogen-bond acceptors (Lipinski definition) is 1. The van der Waals surface area contributed by atoms with Gasteiger partial charge in [-0.1, -0.05) is 22.9 Å². The molecule has 3 aliphatic rings. The highest BCUT2D eigenvalue weighted by atomic mass is 79.9. The van der Waals surface area contributed by atoms with Crippen molar-refractivity contribution in [3.05, 3.63) is 0 Å². The van der Waals surface area contributed by atoms with Gasteiger partial charge in [0, 0.05) is 16.8 Å². The van der Waals surface area contributed by atoms with E-state index < -0.39 is 0 Å². The summed E-state index contributed by atoms with van der Waals surface area (Å²) in [4.78, 5) is 12.5. The standard InChI is InChI=1S/C15H24BrNO/c1-3-15(2,6-7-16)17-14(18)13-11-9-4-5-10(8-9)12(11)13/h9-13H,3-8H2,1-2H3,(H,17,18). The van der Waals surface area contributed by atoms with Crippen LogP contribution in [0, 0.1) is 29.6 Å². The molecule has 2 bridgehead atoms. The number of rotatable bonds is 5. The molecule has 0 spiro atoms. The molecule has 0 aliphatic heterocycles. The summed E-state index contributed by atoms with van der Waals surface area (Å²) >= 11 is 3.49. The van der Waals surface area contributed by atoms with Gasteiger partial charge in [-0.05, 0) is 62.7 Å². The van der Waals surface area contributed by atoms with Crippen LogP contribution in [0.5, 0.6) is 0 Å². The predicted molar refractivity (Wildman–Crippen MR) is 76.6 cm³/mol. The molecule has 3 aliphatic carbocycles. The Kier molecular flexibility index (Phi) is 3.24. The van der Waals surface area contributed by atoms with E-state index >= 15 is 0 Å². The summed E-state index contributed by atoms with van der Waals surface area (Å²) in [6.07, 6.45) is 6.24. The maximum atomic E-state index is 12.5. The molecule has 3 rings (SSSR count). The fourth-order valence-electron chi connectivity index (χ4n) is 4.59. The maximum Gasteiger partial charge on any atom is 0.224 e. The summed E-state index contributed by atoms with van der Waals surface area (Å²) < 4.78 is 0. The molecule has 0 aromatic carbocycles. The van der Waals surface area contributed by atoms with Crippen LogP contribution in [0.15, 0.2) is 0 Å². The van der Waals surface area contributed by atoms with Crippen LogP contribution in [0.2, 0.25) is 0 Å². The Hall–Kier alpha value is -0.0500. The van der Waals surface area contributed by atoms with Gasteiger partial charge in [0.2, 0.25) is 5.91 Å². The zero-order valence-corrected chi connectivity index (χ0v) is 13.0. The Bertz CT molecular complexity index is 342. The monoisotopic (exact) mass is 313 g/mol. The molecular weight excluding hydrogens is 290 g/mol. The lowest BCUT2D eigenvalue weighted by Gasteiger charge is -2.29. The molecule has 0 saturated heterocycles. The smallest absolute Gasteiger partial charge is 0.224 e. The number of fused-ring (bicyclic) bond motifs is 5. The largest absolute Gasteiger partial charge is 0.351 e. The zero-order chi connectivity index (χ0) is 12.9. The van der Waals surface area contributed by atoms with Crippen LogP contribution in [0.1, 0.15) is 46.0 Å². The van der Waals surface area contributed by atoms with Gasteiger partial charge in [0.1, 0.15) is 0 Å². The second-order valence-electron chi connectivity index (χ2n) is 6.86. The van der Waals surface area contributed by atoms with Gasteiger partial charge in [0.15, 0.2) is 0 Å². The Morgan fingerprint density at radius 2 is 1.94 bits per heavy atom. The lowest BCUT2D eigenvalue weighted by molar-refractivity contribution is -0.125. The number of carbonyl (C=O) groups excluding carboxylic acids is 1. The van der Waals surface area contributed by atoms with E-state index in [0.717, 1.165) is 41.8 Å². The molecule has 3 saturated carbocycles. The third kappa shape index (κ3) is 1.93. The second-order valence-corrected chi connectivity index (χ2v) is 7.65. The van der Waals surface area contributed by atoms with Gasteiger partial charge in [-0.15, -0.1) is 0 Å². The zero-order valence-electron chi connectivity index (χ0n) is 11.4. The van der Waals surface area contributed by atoms with Gasteiger partial charge in [-0.25, -0.2) is 0 Å². The number of halogens is 1. The molecule has 3 fully saturated rings. The van der Waals surface area contributed by atoms with E-state index in [4.69, 9.17) is 0 Å². The van der Waals surface area contributed by atoms with Crippen LogP contribution in [0.4, 0.5) is 0 Å². The molecule has 0 heterocycles. The molecule has 1 amide bonds. The fraction of sp³-hybridized carbons (Fsp3) is 0.933. The van der Waals surface area contributed by atoms with Gasteiger partial charge in [-0.3, -0.25) is 4.79 Å². The van der Waals surface area contributed by atoms with Crippen LogP contribution in [0.3, 0.4) is 0 Å². The van der Waals surface area contributed by atoms with E-state index in [1.165, 1.54) is 19.3 Å². The number of nitrogens with one attached hydrogen (secondary N) is 1. The first-order valence-electron chi connectivity index (χ1n) is 7.47. The van der Waals surface area contributed by atoms with Gasteiger partial charge in [0.05, 0.1) is 0 Å². The first-order valence-corrected chi connectivity index (χ1v) is 8.60. The van der Waals surface area contributed by atoms with Crippen molar-refractivity contribution in [2.24, 2.45) is 29.6 Å². The predicted octanol–water partition coefficient (Wildman–Crippen LogP) is 3.35. The lowest BCUT2D eigenvalue weighted by Crippen LogP contribution is -2.47. The van der Waals surface area contributed by atoms with Crippen molar-refractivity contribution in [3.63, 3.8) is 0 Å². The summed E-state index contributed by atoms with van der Waals surface area (Å²) in [6, 6.07) is 0. The van der Waals surface area contributed by atoms with E-state index in [0.29, 0.717) is 11.8 Å². The highest BCUT2D eigenvalue weighted by molar-refractivity contribution is 9.09. The van der Waals surface area contributed by atoms with Crippen LogP contribution in [-0.2, 0) is 4.79 Å². The van der Waals surface area contributed by atoms with Crippen molar-refractivity contribution in [2.75, 3.05) is 5.33 Å². The van der Waals surface area contributed by atoms with Crippen LogP contribution >= 0.6 is 15.9 Å². The average molecular weight is 314 g/mol. The van der Waals surface area contributed by atoms with Crippen molar-refractivity contribution < 1.29 is 4.79 Å². The summed E-state index contributed by atoms with van der Waals surface area (Å²) in [6.45, 7) is 4.35. The molecule has 102 valence electrons. The number of carbonyl (C=O) groups is 1. The van der Waals surface area contributed by atoms with E-state index in [-0.39, 0.29) is 5.54 Å². The Morgan fingerprint density at radius 1 is 1.33 bits per heavy atom. The molecule has 0 radical (unpaired) electrons.